The van der Waals surface area contributed by atoms with Gasteiger partial charge in [-0.2, -0.15) is 0 Å². The van der Waals surface area contributed by atoms with Crippen LogP contribution in [0.25, 0.3) is 0 Å². The minimum absolute atomic E-state index is 0.422. The van der Waals surface area contributed by atoms with Crippen LogP contribution in [0.2, 0.25) is 0 Å². The van der Waals surface area contributed by atoms with Crippen LogP contribution in [-0.2, 0) is 11.2 Å². The fourth-order valence-corrected chi connectivity index (χ4v) is 4.92. The second kappa shape index (κ2) is 16.8. The van der Waals surface area contributed by atoms with Crippen molar-refractivity contribution in [1.29, 1.82) is 0 Å². The van der Waals surface area contributed by atoms with E-state index in [0.717, 1.165) is 36.8 Å². The van der Waals surface area contributed by atoms with Crippen molar-refractivity contribution < 1.29 is 4.55 Å². The average molecular weight is 455 g/mol. The Bertz CT molecular complexity index is 688. The summed E-state index contributed by atoms with van der Waals surface area (Å²) in [5.41, 5.74) is 2.24. The summed E-state index contributed by atoms with van der Waals surface area (Å²) in [7, 11) is 0. The summed E-state index contributed by atoms with van der Waals surface area (Å²) in [5.74, 6) is 0. The second-order valence-corrected chi connectivity index (χ2v) is 11.5. The average Bonchev–Trinajstić information content (AvgIpc) is 2.76. The number of unbranched alkanes of at least 4 members (excludes halogenated alkanes) is 2. The molecule has 0 aromatic heterocycles. The molecule has 0 fully saturated rings. The molecule has 0 radical (unpaired) electrons. The van der Waals surface area contributed by atoms with Crippen molar-refractivity contribution in [1.82, 2.24) is 0 Å². The van der Waals surface area contributed by atoms with Gasteiger partial charge in [-0.15, -0.1) is 0 Å². The van der Waals surface area contributed by atoms with Crippen LogP contribution in [0.3, 0.4) is 0 Å². The molecule has 2 heteroatoms. The van der Waals surface area contributed by atoms with E-state index < -0.39 is 20.7 Å². The van der Waals surface area contributed by atoms with E-state index in [9.17, 15) is 4.55 Å². The molecule has 0 heterocycles. The maximum atomic E-state index is 13.6. The Kier molecular flexibility index (Phi) is 15.9. The van der Waals surface area contributed by atoms with Crippen molar-refractivity contribution in [3.8, 4) is 0 Å². The summed E-state index contributed by atoms with van der Waals surface area (Å²) in [6, 6.07) is 0. The molecule has 1 nitrogen and oxygen atoms in total. The first-order valence-electron chi connectivity index (χ1n) is 11.8. The summed E-state index contributed by atoms with van der Waals surface area (Å²) in [5, 5.41) is 0. The van der Waals surface area contributed by atoms with Crippen LogP contribution in [0.15, 0.2) is 96.2 Å². The molecule has 0 spiro atoms. The van der Waals surface area contributed by atoms with Crippen LogP contribution in [0.1, 0.15) is 81.1 Å². The Morgan fingerprint density at radius 1 is 0.594 bits per heavy atom. The molecule has 0 aromatic rings. The summed E-state index contributed by atoms with van der Waals surface area (Å²) in [4.78, 5) is 0. The highest BCUT2D eigenvalue weighted by Gasteiger charge is 2.45. The normalized spacial score (nSPS) is 16.3. The topological polar surface area (TPSA) is 23.1 Å². The predicted molar refractivity (Wildman–Crippen MR) is 148 cm³/mol. The zero-order chi connectivity index (χ0) is 24.5. The standard InChI is InChI=1S/C30H46OS/c1-9-11-13-15-17-19-21-23-25-27(3)29(5,6)32(31)30(7,8)28(4)26-24-22-20-18-16-14-12-10-2/h9-12,17-26H,13-16H2,1-8H3. The second-order valence-electron chi connectivity index (χ2n) is 8.91. The van der Waals surface area contributed by atoms with Gasteiger partial charge in [0.25, 0.3) is 0 Å². The molecule has 178 valence electrons. The van der Waals surface area contributed by atoms with Crippen molar-refractivity contribution in [2.24, 2.45) is 0 Å². The SMILES string of the molecule is CC=CCCC=CC=CC=C(C)C(C)(C)[S+]([O-])C(C)(C)C(C)=CC=CC=CCCC=CC. The predicted octanol–water partition coefficient (Wildman–Crippen LogP) is 9.12. The molecule has 0 unspecified atom stereocenters. The van der Waals surface area contributed by atoms with Gasteiger partial charge in [-0.1, -0.05) is 85.1 Å². The minimum Gasteiger partial charge on any atom is -0.615 e. The van der Waals surface area contributed by atoms with Crippen LogP contribution >= 0.6 is 0 Å². The maximum absolute atomic E-state index is 13.6. The van der Waals surface area contributed by atoms with E-state index in [2.05, 4.69) is 102 Å². The molecule has 0 aliphatic carbocycles. The molecule has 0 atom stereocenters. The van der Waals surface area contributed by atoms with Gasteiger partial charge in [0.15, 0.2) is 0 Å². The highest BCUT2D eigenvalue weighted by atomic mass is 32.2. The van der Waals surface area contributed by atoms with Gasteiger partial charge >= 0.3 is 0 Å². The van der Waals surface area contributed by atoms with Crippen molar-refractivity contribution >= 4 is 11.2 Å². The highest BCUT2D eigenvalue weighted by Crippen LogP contribution is 2.38. The van der Waals surface area contributed by atoms with E-state index in [1.54, 1.807) is 0 Å². The van der Waals surface area contributed by atoms with Gasteiger partial charge < -0.3 is 4.55 Å². The van der Waals surface area contributed by atoms with E-state index in [4.69, 9.17) is 0 Å². The molecular weight excluding hydrogens is 408 g/mol. The molecule has 0 aliphatic heterocycles. The Balaban J connectivity index is 5.07. The summed E-state index contributed by atoms with van der Waals surface area (Å²) in [6.07, 6.45) is 33.6. The molecule has 0 N–H and O–H groups in total. The van der Waals surface area contributed by atoms with Crippen LogP contribution in [0.5, 0.6) is 0 Å². The van der Waals surface area contributed by atoms with Gasteiger partial charge in [-0.05, 0) is 103 Å². The minimum atomic E-state index is -1.08. The third-order valence-electron chi connectivity index (χ3n) is 5.71. The smallest absolute Gasteiger partial charge is 0.141 e. The first-order chi connectivity index (χ1) is 15.1. The number of allylic oxidation sites excluding steroid dienone is 14. The van der Waals surface area contributed by atoms with E-state index in [1.165, 1.54) is 0 Å². The lowest BCUT2D eigenvalue weighted by Crippen LogP contribution is -2.47. The van der Waals surface area contributed by atoms with Crippen molar-refractivity contribution in [2.75, 3.05) is 0 Å². The molecule has 0 saturated heterocycles. The summed E-state index contributed by atoms with van der Waals surface area (Å²) in [6.45, 7) is 16.6. The largest absolute Gasteiger partial charge is 0.615 e. The Labute approximate surface area is 202 Å². The number of rotatable bonds is 14. The fourth-order valence-electron chi connectivity index (χ4n) is 2.93. The lowest BCUT2D eigenvalue weighted by atomic mass is 10.0. The van der Waals surface area contributed by atoms with E-state index in [0.29, 0.717) is 0 Å². The van der Waals surface area contributed by atoms with Crippen molar-refractivity contribution in [3.63, 3.8) is 0 Å². The molecule has 0 saturated carbocycles. The highest BCUT2D eigenvalue weighted by molar-refractivity contribution is 7.94. The van der Waals surface area contributed by atoms with Crippen LogP contribution in [0, 0.1) is 0 Å². The third-order valence-corrected chi connectivity index (χ3v) is 8.20. The molecule has 0 bridgehead atoms. The number of hydrogen-bond donors (Lipinski definition) is 0. The lowest BCUT2D eigenvalue weighted by Gasteiger charge is -2.40. The first kappa shape index (κ1) is 30.2. The zero-order valence-electron chi connectivity index (χ0n) is 21.7. The molecular formula is C30H46OS. The van der Waals surface area contributed by atoms with Gasteiger partial charge in [0, 0.05) is 0 Å². The van der Waals surface area contributed by atoms with Crippen LogP contribution < -0.4 is 0 Å². The quantitative estimate of drug-likeness (QED) is 0.111. The third kappa shape index (κ3) is 11.7. The van der Waals surface area contributed by atoms with E-state index in [1.807, 2.05) is 38.2 Å². The fraction of sp³-hybridized carbons (Fsp3) is 0.467. The summed E-state index contributed by atoms with van der Waals surface area (Å²) >= 11 is -1.08. The van der Waals surface area contributed by atoms with Crippen LogP contribution in [-0.4, -0.2) is 14.0 Å². The maximum Gasteiger partial charge on any atom is 0.141 e. The zero-order valence-corrected chi connectivity index (χ0v) is 22.5. The molecule has 32 heavy (non-hydrogen) atoms. The van der Waals surface area contributed by atoms with E-state index in [-0.39, 0.29) is 0 Å². The van der Waals surface area contributed by atoms with E-state index >= 15 is 0 Å². The lowest BCUT2D eigenvalue weighted by molar-refractivity contribution is 0.536. The Morgan fingerprint density at radius 3 is 1.28 bits per heavy atom. The molecule has 0 aliphatic rings. The summed E-state index contributed by atoms with van der Waals surface area (Å²) < 4.78 is 12.7. The van der Waals surface area contributed by atoms with Gasteiger partial charge in [-0.25, -0.2) is 0 Å². The van der Waals surface area contributed by atoms with Gasteiger partial charge in [0.1, 0.15) is 9.49 Å². The van der Waals surface area contributed by atoms with Gasteiger partial charge in [0.2, 0.25) is 0 Å². The monoisotopic (exact) mass is 454 g/mol. The number of hydrogen-bond acceptors (Lipinski definition) is 1. The van der Waals surface area contributed by atoms with Gasteiger partial charge in [-0.3, -0.25) is 0 Å². The van der Waals surface area contributed by atoms with Crippen molar-refractivity contribution in [2.45, 2.75) is 90.6 Å². The van der Waals surface area contributed by atoms with Crippen LogP contribution in [0.4, 0.5) is 0 Å². The van der Waals surface area contributed by atoms with Gasteiger partial charge in [0.05, 0.1) is 0 Å². The Hall–Kier alpha value is -1.77. The molecule has 0 aromatic carbocycles. The van der Waals surface area contributed by atoms with Crippen molar-refractivity contribution in [3.05, 3.63) is 96.2 Å². The first-order valence-corrected chi connectivity index (χ1v) is 12.9. The molecule has 0 rings (SSSR count). The molecule has 0 amide bonds. The Morgan fingerprint density at radius 2 is 0.938 bits per heavy atom.